The molecule has 0 saturated carbocycles. The lowest BCUT2D eigenvalue weighted by Gasteiger charge is -2.19. The molecule has 0 spiro atoms. The Morgan fingerprint density at radius 3 is 2.88 bits per heavy atom. The molecule has 0 heterocycles. The van der Waals surface area contributed by atoms with Crippen molar-refractivity contribution in [1.82, 2.24) is 0 Å². The van der Waals surface area contributed by atoms with Gasteiger partial charge in [0.25, 0.3) is 0 Å². The minimum Gasteiger partial charge on any atom is -0.497 e. The maximum absolute atomic E-state index is 11.1. The fourth-order valence-corrected chi connectivity index (χ4v) is 2.22. The smallest absolute Gasteiger partial charge is 0.152 e. The molecule has 0 amide bonds. The van der Waals surface area contributed by atoms with Gasteiger partial charge in [-0.05, 0) is 61.1 Å². The van der Waals surface area contributed by atoms with Gasteiger partial charge in [0.15, 0.2) is 5.78 Å². The van der Waals surface area contributed by atoms with Crippen LogP contribution in [-0.2, 0) is 11.2 Å². The van der Waals surface area contributed by atoms with Crippen LogP contribution in [0.15, 0.2) is 24.3 Å². The van der Waals surface area contributed by atoms with Gasteiger partial charge in [0.1, 0.15) is 5.75 Å². The summed E-state index contributed by atoms with van der Waals surface area (Å²) in [5.41, 5.74) is 3.66. The van der Waals surface area contributed by atoms with E-state index in [4.69, 9.17) is 4.74 Å². The minimum atomic E-state index is 0.124. The van der Waals surface area contributed by atoms with Crippen molar-refractivity contribution < 1.29 is 9.53 Å². The zero-order valence-electron chi connectivity index (χ0n) is 9.75. The molecule has 2 nitrogen and oxygen atoms in total. The fraction of sp³-hybridized carbons (Fsp3) is 0.357. The molecule has 1 aromatic carbocycles. The average Bonchev–Trinajstić information content (AvgIpc) is 2.28. The molecule has 0 fully saturated rings. The number of hydrogen-bond donors (Lipinski definition) is 0. The van der Waals surface area contributed by atoms with Crippen LogP contribution in [0.1, 0.15) is 30.9 Å². The second-order valence-corrected chi connectivity index (χ2v) is 4.16. The van der Waals surface area contributed by atoms with E-state index in [1.807, 2.05) is 6.07 Å². The molecule has 1 aromatic rings. The third kappa shape index (κ3) is 2.16. The topological polar surface area (TPSA) is 26.3 Å². The van der Waals surface area contributed by atoms with Crippen molar-refractivity contribution in [2.24, 2.45) is 0 Å². The highest BCUT2D eigenvalue weighted by Crippen LogP contribution is 2.32. The second kappa shape index (κ2) is 4.52. The van der Waals surface area contributed by atoms with Crippen LogP contribution in [0.4, 0.5) is 0 Å². The Morgan fingerprint density at radius 2 is 2.19 bits per heavy atom. The van der Waals surface area contributed by atoms with Gasteiger partial charge in [0.05, 0.1) is 7.11 Å². The molecule has 0 bridgehead atoms. The van der Waals surface area contributed by atoms with E-state index < -0.39 is 0 Å². The summed E-state index contributed by atoms with van der Waals surface area (Å²) >= 11 is 0. The summed E-state index contributed by atoms with van der Waals surface area (Å²) in [4.78, 5) is 11.1. The molecule has 0 radical (unpaired) electrons. The van der Waals surface area contributed by atoms with Crippen LogP contribution in [-0.4, -0.2) is 12.9 Å². The molecule has 0 saturated heterocycles. The highest BCUT2D eigenvalue weighted by Gasteiger charge is 2.14. The lowest BCUT2D eigenvalue weighted by Crippen LogP contribution is -2.03. The van der Waals surface area contributed by atoms with Gasteiger partial charge in [-0.25, -0.2) is 0 Å². The van der Waals surface area contributed by atoms with E-state index in [1.54, 1.807) is 20.1 Å². The predicted molar refractivity (Wildman–Crippen MR) is 64.6 cm³/mol. The summed E-state index contributed by atoms with van der Waals surface area (Å²) in [5, 5.41) is 0. The number of rotatable bonds is 2. The molecular formula is C14H16O2. The van der Waals surface area contributed by atoms with Crippen LogP contribution in [0, 0.1) is 0 Å². The first-order chi connectivity index (χ1) is 7.70. The Kier molecular flexibility index (Phi) is 3.09. The molecule has 0 unspecified atom stereocenters. The molecule has 2 rings (SSSR count). The number of fused-ring (bicyclic) bond motifs is 1. The summed E-state index contributed by atoms with van der Waals surface area (Å²) < 4.78 is 5.21. The number of allylic oxidation sites excluding steroid dienone is 2. The van der Waals surface area contributed by atoms with Crippen molar-refractivity contribution in [3.8, 4) is 5.75 Å². The summed E-state index contributed by atoms with van der Waals surface area (Å²) in [7, 11) is 1.68. The largest absolute Gasteiger partial charge is 0.497 e. The van der Waals surface area contributed by atoms with E-state index >= 15 is 0 Å². The standard InChI is InChI=1S/C14H16O2/c1-10(15)8-11-4-3-5-12-9-13(16-2)6-7-14(11)12/h6-9H,3-5H2,1-2H3/b11-8+. The zero-order chi connectivity index (χ0) is 11.5. The molecule has 0 aliphatic heterocycles. The Bertz CT molecular complexity index is 444. The Morgan fingerprint density at radius 1 is 1.38 bits per heavy atom. The number of carbonyl (C=O) groups excluding carboxylic acids is 1. The van der Waals surface area contributed by atoms with Gasteiger partial charge in [-0.3, -0.25) is 4.79 Å². The highest BCUT2D eigenvalue weighted by atomic mass is 16.5. The fourth-order valence-electron chi connectivity index (χ4n) is 2.22. The monoisotopic (exact) mass is 216 g/mol. The first-order valence-corrected chi connectivity index (χ1v) is 5.59. The van der Waals surface area contributed by atoms with Crippen molar-refractivity contribution in [2.45, 2.75) is 26.2 Å². The van der Waals surface area contributed by atoms with Crippen LogP contribution in [0.5, 0.6) is 5.75 Å². The van der Waals surface area contributed by atoms with E-state index in [1.165, 1.54) is 11.1 Å². The number of aryl methyl sites for hydroxylation is 1. The van der Waals surface area contributed by atoms with E-state index in [0.717, 1.165) is 30.6 Å². The number of methoxy groups -OCH3 is 1. The Labute approximate surface area is 95.9 Å². The first-order valence-electron chi connectivity index (χ1n) is 5.59. The maximum Gasteiger partial charge on any atom is 0.152 e. The predicted octanol–water partition coefficient (Wildman–Crippen LogP) is 3.00. The van der Waals surface area contributed by atoms with Gasteiger partial charge < -0.3 is 4.74 Å². The van der Waals surface area contributed by atoms with Gasteiger partial charge in [-0.2, -0.15) is 0 Å². The van der Waals surface area contributed by atoms with Crippen LogP contribution in [0.2, 0.25) is 0 Å². The molecule has 2 heteroatoms. The summed E-state index contributed by atoms with van der Waals surface area (Å²) in [6, 6.07) is 6.09. The van der Waals surface area contributed by atoms with E-state index in [9.17, 15) is 4.79 Å². The van der Waals surface area contributed by atoms with Gasteiger partial charge in [-0.15, -0.1) is 0 Å². The molecule has 0 aromatic heterocycles. The van der Waals surface area contributed by atoms with Crippen LogP contribution < -0.4 is 4.74 Å². The summed E-state index contributed by atoms with van der Waals surface area (Å²) in [6.07, 6.45) is 4.93. The summed E-state index contributed by atoms with van der Waals surface area (Å²) in [6.45, 7) is 1.60. The van der Waals surface area contributed by atoms with Crippen molar-refractivity contribution >= 4 is 11.4 Å². The molecule has 0 atom stereocenters. The normalized spacial score (nSPS) is 17.0. The average molecular weight is 216 g/mol. The number of carbonyl (C=O) groups is 1. The SMILES string of the molecule is COc1ccc2c(c1)CCC/C2=C\C(C)=O. The number of ketones is 1. The molecule has 84 valence electrons. The lowest BCUT2D eigenvalue weighted by atomic mass is 9.87. The van der Waals surface area contributed by atoms with Crippen molar-refractivity contribution in [2.75, 3.05) is 7.11 Å². The highest BCUT2D eigenvalue weighted by molar-refractivity contribution is 5.95. The zero-order valence-corrected chi connectivity index (χ0v) is 9.75. The molecule has 1 aliphatic carbocycles. The second-order valence-electron chi connectivity index (χ2n) is 4.16. The minimum absolute atomic E-state index is 0.124. The van der Waals surface area contributed by atoms with Crippen LogP contribution >= 0.6 is 0 Å². The van der Waals surface area contributed by atoms with Gasteiger partial charge in [0.2, 0.25) is 0 Å². The van der Waals surface area contributed by atoms with Crippen molar-refractivity contribution in [3.63, 3.8) is 0 Å². The van der Waals surface area contributed by atoms with Gasteiger partial charge >= 0.3 is 0 Å². The lowest BCUT2D eigenvalue weighted by molar-refractivity contribution is -0.112. The van der Waals surface area contributed by atoms with Crippen LogP contribution in [0.3, 0.4) is 0 Å². The molecule has 1 aliphatic rings. The van der Waals surface area contributed by atoms with Gasteiger partial charge in [-0.1, -0.05) is 6.07 Å². The van der Waals surface area contributed by atoms with E-state index in [-0.39, 0.29) is 5.78 Å². The number of hydrogen-bond acceptors (Lipinski definition) is 2. The number of benzene rings is 1. The van der Waals surface area contributed by atoms with E-state index in [2.05, 4.69) is 12.1 Å². The van der Waals surface area contributed by atoms with Crippen LogP contribution in [0.25, 0.3) is 5.57 Å². The third-order valence-electron chi connectivity index (χ3n) is 2.93. The summed E-state index contributed by atoms with van der Waals surface area (Å²) in [5.74, 6) is 1.02. The quantitative estimate of drug-likeness (QED) is 0.710. The number of ether oxygens (including phenoxy) is 1. The van der Waals surface area contributed by atoms with E-state index in [0.29, 0.717) is 0 Å². The Balaban J connectivity index is 2.43. The van der Waals surface area contributed by atoms with Crippen molar-refractivity contribution in [1.29, 1.82) is 0 Å². The molecule has 16 heavy (non-hydrogen) atoms. The van der Waals surface area contributed by atoms with Crippen molar-refractivity contribution in [3.05, 3.63) is 35.4 Å². The maximum atomic E-state index is 11.1. The first kappa shape index (κ1) is 10.9. The third-order valence-corrected chi connectivity index (χ3v) is 2.93. The molecule has 0 N–H and O–H groups in total. The van der Waals surface area contributed by atoms with Gasteiger partial charge in [0, 0.05) is 0 Å². The molecular weight excluding hydrogens is 200 g/mol. The Hall–Kier alpha value is -1.57.